The first-order chi connectivity index (χ1) is 9.16. The molecule has 1 unspecified atom stereocenters. The predicted molar refractivity (Wildman–Crippen MR) is 74.4 cm³/mol. The third-order valence-corrected chi connectivity index (χ3v) is 4.09. The molecule has 19 heavy (non-hydrogen) atoms. The quantitative estimate of drug-likeness (QED) is 0.836. The summed E-state index contributed by atoms with van der Waals surface area (Å²) in [5.74, 6) is 1.30. The standard InChI is InChI=1S/C14H24N4O/c1-11(12-3-6-15-7-4-12)9-14(19)16-10-13-5-8-17-18(13)2/h5,8,11-12,15H,3-4,6-7,9-10H2,1-2H3,(H,16,19). The third kappa shape index (κ3) is 4.06. The van der Waals surface area contributed by atoms with Crippen molar-refractivity contribution in [1.82, 2.24) is 20.4 Å². The van der Waals surface area contributed by atoms with Gasteiger partial charge in [0.05, 0.1) is 12.2 Å². The molecule has 1 aromatic rings. The molecule has 0 bridgehead atoms. The van der Waals surface area contributed by atoms with E-state index in [0.29, 0.717) is 24.8 Å². The van der Waals surface area contributed by atoms with Crippen molar-refractivity contribution in [3.05, 3.63) is 18.0 Å². The molecule has 2 N–H and O–H groups in total. The highest BCUT2D eigenvalue weighted by atomic mass is 16.1. The molecule has 0 aromatic carbocycles. The maximum absolute atomic E-state index is 11.9. The lowest BCUT2D eigenvalue weighted by molar-refractivity contribution is -0.122. The van der Waals surface area contributed by atoms with E-state index >= 15 is 0 Å². The minimum atomic E-state index is 0.146. The zero-order chi connectivity index (χ0) is 13.7. The minimum Gasteiger partial charge on any atom is -0.350 e. The maximum atomic E-state index is 11.9. The van der Waals surface area contributed by atoms with Crippen molar-refractivity contribution in [2.45, 2.75) is 32.7 Å². The highest BCUT2D eigenvalue weighted by Gasteiger charge is 2.21. The predicted octanol–water partition coefficient (Wildman–Crippen LogP) is 1.06. The first kappa shape index (κ1) is 14.1. The Morgan fingerprint density at radius 2 is 2.32 bits per heavy atom. The van der Waals surface area contributed by atoms with Crippen LogP contribution in [0.5, 0.6) is 0 Å². The second-order valence-corrected chi connectivity index (χ2v) is 5.49. The van der Waals surface area contributed by atoms with Crippen LogP contribution in [0.25, 0.3) is 0 Å². The van der Waals surface area contributed by atoms with Gasteiger partial charge in [0.2, 0.25) is 5.91 Å². The van der Waals surface area contributed by atoms with Crippen molar-refractivity contribution < 1.29 is 4.79 Å². The Morgan fingerprint density at radius 1 is 1.58 bits per heavy atom. The van der Waals surface area contributed by atoms with Crippen LogP contribution in [0.4, 0.5) is 0 Å². The van der Waals surface area contributed by atoms with E-state index in [1.54, 1.807) is 10.9 Å². The number of nitrogens with one attached hydrogen (secondary N) is 2. The molecule has 0 spiro atoms. The largest absolute Gasteiger partial charge is 0.350 e. The molecular weight excluding hydrogens is 240 g/mol. The van der Waals surface area contributed by atoms with Crippen molar-refractivity contribution in [2.24, 2.45) is 18.9 Å². The molecule has 5 nitrogen and oxygen atoms in total. The molecule has 1 atom stereocenters. The second-order valence-electron chi connectivity index (χ2n) is 5.49. The van der Waals surface area contributed by atoms with Gasteiger partial charge in [0.15, 0.2) is 0 Å². The van der Waals surface area contributed by atoms with Gasteiger partial charge in [0.1, 0.15) is 0 Å². The lowest BCUT2D eigenvalue weighted by Gasteiger charge is -2.27. The van der Waals surface area contributed by atoms with Crippen LogP contribution in [0.3, 0.4) is 0 Å². The van der Waals surface area contributed by atoms with Gasteiger partial charge in [-0.3, -0.25) is 9.48 Å². The molecule has 0 saturated carbocycles. The molecule has 1 aromatic heterocycles. The van der Waals surface area contributed by atoms with Crippen molar-refractivity contribution in [3.8, 4) is 0 Å². The number of nitrogens with zero attached hydrogens (tertiary/aromatic N) is 2. The Kier molecular flexibility index (Phi) is 4.96. The van der Waals surface area contributed by atoms with E-state index in [1.807, 2.05) is 13.1 Å². The summed E-state index contributed by atoms with van der Waals surface area (Å²) < 4.78 is 1.79. The van der Waals surface area contributed by atoms with Crippen LogP contribution in [0.2, 0.25) is 0 Å². The van der Waals surface area contributed by atoms with Crippen LogP contribution in [0, 0.1) is 11.8 Å². The number of amides is 1. The Hall–Kier alpha value is -1.36. The van der Waals surface area contributed by atoms with Gasteiger partial charge in [-0.15, -0.1) is 0 Å². The van der Waals surface area contributed by atoms with E-state index in [-0.39, 0.29) is 5.91 Å². The molecule has 1 aliphatic rings. The summed E-state index contributed by atoms with van der Waals surface area (Å²) in [5.41, 5.74) is 1.03. The Morgan fingerprint density at radius 3 is 2.95 bits per heavy atom. The number of hydrogen-bond acceptors (Lipinski definition) is 3. The summed E-state index contributed by atoms with van der Waals surface area (Å²) in [5, 5.41) is 10.4. The van der Waals surface area contributed by atoms with Crippen molar-refractivity contribution >= 4 is 5.91 Å². The van der Waals surface area contributed by atoms with Crippen molar-refractivity contribution in [2.75, 3.05) is 13.1 Å². The summed E-state index contributed by atoms with van der Waals surface area (Å²) in [6, 6.07) is 1.93. The average molecular weight is 264 g/mol. The zero-order valence-electron chi connectivity index (χ0n) is 11.9. The van der Waals surface area contributed by atoms with E-state index in [9.17, 15) is 4.79 Å². The summed E-state index contributed by atoms with van der Waals surface area (Å²) in [4.78, 5) is 11.9. The Bertz CT molecular complexity index is 409. The van der Waals surface area contributed by atoms with Crippen LogP contribution >= 0.6 is 0 Å². The van der Waals surface area contributed by atoms with E-state index in [4.69, 9.17) is 0 Å². The van der Waals surface area contributed by atoms with Gasteiger partial charge in [-0.1, -0.05) is 6.92 Å². The lowest BCUT2D eigenvalue weighted by Crippen LogP contribution is -2.33. The number of carbonyl (C=O) groups excluding carboxylic acids is 1. The molecular formula is C14H24N4O. The number of aromatic nitrogens is 2. The smallest absolute Gasteiger partial charge is 0.220 e. The normalized spacial score (nSPS) is 18.2. The van der Waals surface area contributed by atoms with Gasteiger partial charge in [0, 0.05) is 19.7 Å². The topological polar surface area (TPSA) is 59.0 Å². The minimum absolute atomic E-state index is 0.146. The molecule has 0 radical (unpaired) electrons. The first-order valence-electron chi connectivity index (χ1n) is 7.11. The highest BCUT2D eigenvalue weighted by Crippen LogP contribution is 2.24. The molecule has 1 saturated heterocycles. The van der Waals surface area contributed by atoms with Gasteiger partial charge in [-0.25, -0.2) is 0 Å². The van der Waals surface area contributed by atoms with Crippen LogP contribution in [0.15, 0.2) is 12.3 Å². The van der Waals surface area contributed by atoms with Crippen LogP contribution in [-0.4, -0.2) is 28.8 Å². The zero-order valence-corrected chi connectivity index (χ0v) is 11.9. The van der Waals surface area contributed by atoms with E-state index in [2.05, 4.69) is 22.7 Å². The average Bonchev–Trinajstić information content (AvgIpc) is 2.83. The van der Waals surface area contributed by atoms with E-state index in [0.717, 1.165) is 18.8 Å². The molecule has 106 valence electrons. The fraction of sp³-hybridized carbons (Fsp3) is 0.714. The summed E-state index contributed by atoms with van der Waals surface area (Å²) in [6.07, 6.45) is 4.76. The first-order valence-corrected chi connectivity index (χ1v) is 7.11. The van der Waals surface area contributed by atoms with Gasteiger partial charge in [-0.2, -0.15) is 5.10 Å². The number of piperidine rings is 1. The molecule has 1 amide bonds. The fourth-order valence-electron chi connectivity index (χ4n) is 2.71. The summed E-state index contributed by atoms with van der Waals surface area (Å²) in [6.45, 7) is 4.94. The molecule has 2 heterocycles. The van der Waals surface area contributed by atoms with Gasteiger partial charge in [0.25, 0.3) is 0 Å². The number of carbonyl (C=O) groups is 1. The number of rotatable bonds is 5. The fourth-order valence-corrected chi connectivity index (χ4v) is 2.71. The van der Waals surface area contributed by atoms with E-state index in [1.165, 1.54) is 12.8 Å². The van der Waals surface area contributed by atoms with Gasteiger partial charge >= 0.3 is 0 Å². The SMILES string of the molecule is CC(CC(=O)NCc1ccnn1C)C1CCNCC1. The van der Waals surface area contributed by atoms with Crippen LogP contribution < -0.4 is 10.6 Å². The van der Waals surface area contributed by atoms with Crippen LogP contribution in [-0.2, 0) is 18.4 Å². The monoisotopic (exact) mass is 264 g/mol. The van der Waals surface area contributed by atoms with Crippen LogP contribution in [0.1, 0.15) is 31.9 Å². The van der Waals surface area contributed by atoms with Crippen molar-refractivity contribution in [3.63, 3.8) is 0 Å². The summed E-state index contributed by atoms with van der Waals surface area (Å²) >= 11 is 0. The van der Waals surface area contributed by atoms with Gasteiger partial charge < -0.3 is 10.6 Å². The summed E-state index contributed by atoms with van der Waals surface area (Å²) in [7, 11) is 1.89. The molecule has 2 rings (SSSR count). The Balaban J connectivity index is 1.73. The molecule has 1 fully saturated rings. The molecule has 0 aliphatic carbocycles. The second kappa shape index (κ2) is 6.70. The number of aryl methyl sites for hydroxylation is 1. The van der Waals surface area contributed by atoms with Gasteiger partial charge in [-0.05, 0) is 43.8 Å². The third-order valence-electron chi connectivity index (χ3n) is 4.09. The van der Waals surface area contributed by atoms with E-state index < -0.39 is 0 Å². The number of hydrogen-bond donors (Lipinski definition) is 2. The molecule has 1 aliphatic heterocycles. The van der Waals surface area contributed by atoms with Crippen molar-refractivity contribution in [1.29, 1.82) is 0 Å². The lowest BCUT2D eigenvalue weighted by atomic mass is 9.84. The maximum Gasteiger partial charge on any atom is 0.220 e. The highest BCUT2D eigenvalue weighted by molar-refractivity contribution is 5.76. The Labute approximate surface area is 114 Å². The molecule has 5 heteroatoms.